The largest absolute Gasteiger partial charge is 0.496 e. The van der Waals surface area contributed by atoms with E-state index < -0.39 is 6.10 Å². The van der Waals surface area contributed by atoms with Gasteiger partial charge in [0.1, 0.15) is 11.6 Å². The second-order valence-corrected chi connectivity index (χ2v) is 3.31. The number of ether oxygens (including phenoxy) is 1. The third-order valence-corrected chi connectivity index (χ3v) is 2.11. The minimum atomic E-state index is -0.417. The van der Waals surface area contributed by atoms with Gasteiger partial charge in [-0.15, -0.1) is 0 Å². The van der Waals surface area contributed by atoms with E-state index in [9.17, 15) is 4.39 Å². The molecule has 3 heteroatoms. The molecule has 0 radical (unpaired) electrons. The molecular weight excluding hydrogens is 183 g/mol. The van der Waals surface area contributed by atoms with E-state index in [2.05, 4.69) is 0 Å². The van der Waals surface area contributed by atoms with Crippen molar-refractivity contribution in [2.24, 2.45) is 0 Å². The van der Waals surface area contributed by atoms with Crippen LogP contribution >= 0.6 is 0 Å². The molecule has 1 atom stereocenters. The molecule has 1 N–H and O–H groups in total. The Morgan fingerprint density at radius 3 is 2.79 bits per heavy atom. The van der Waals surface area contributed by atoms with Crippen molar-refractivity contribution < 1.29 is 14.2 Å². The molecule has 0 fully saturated rings. The van der Waals surface area contributed by atoms with Crippen LogP contribution in [0.25, 0.3) is 0 Å². The zero-order chi connectivity index (χ0) is 10.6. The van der Waals surface area contributed by atoms with E-state index in [1.54, 1.807) is 19.1 Å². The lowest BCUT2D eigenvalue weighted by molar-refractivity contribution is 0.184. The summed E-state index contributed by atoms with van der Waals surface area (Å²) in [4.78, 5) is 0. The van der Waals surface area contributed by atoms with Gasteiger partial charge >= 0.3 is 0 Å². The maximum atomic E-state index is 13.3. The molecule has 0 aliphatic rings. The fourth-order valence-corrected chi connectivity index (χ4v) is 1.33. The van der Waals surface area contributed by atoms with Crippen LogP contribution in [0.5, 0.6) is 5.75 Å². The van der Waals surface area contributed by atoms with Crippen molar-refractivity contribution in [3.8, 4) is 5.75 Å². The minimum absolute atomic E-state index is 0.273. The molecular formula is C11H15FO2. The van der Waals surface area contributed by atoms with Crippen molar-refractivity contribution in [3.05, 3.63) is 29.6 Å². The van der Waals surface area contributed by atoms with Gasteiger partial charge in [-0.25, -0.2) is 4.39 Å². The molecule has 0 aliphatic heterocycles. The van der Waals surface area contributed by atoms with Gasteiger partial charge in [-0.1, -0.05) is 6.07 Å². The van der Waals surface area contributed by atoms with Gasteiger partial charge < -0.3 is 9.84 Å². The molecule has 0 unspecified atom stereocenters. The van der Waals surface area contributed by atoms with Gasteiger partial charge in [0.25, 0.3) is 0 Å². The Labute approximate surface area is 83.3 Å². The Hall–Kier alpha value is -1.09. The molecule has 0 saturated heterocycles. The van der Waals surface area contributed by atoms with Crippen molar-refractivity contribution in [1.29, 1.82) is 0 Å². The van der Waals surface area contributed by atoms with Gasteiger partial charge in [-0.2, -0.15) is 0 Å². The third-order valence-electron chi connectivity index (χ3n) is 2.11. The number of halogens is 1. The summed E-state index contributed by atoms with van der Waals surface area (Å²) in [5.41, 5.74) is 0.538. The highest BCUT2D eigenvalue weighted by Gasteiger charge is 2.09. The molecule has 0 aromatic heterocycles. The van der Waals surface area contributed by atoms with Crippen LogP contribution in [0.3, 0.4) is 0 Å². The van der Waals surface area contributed by atoms with Crippen LogP contribution in [-0.4, -0.2) is 18.3 Å². The van der Waals surface area contributed by atoms with Crippen molar-refractivity contribution in [3.63, 3.8) is 0 Å². The van der Waals surface area contributed by atoms with E-state index in [0.29, 0.717) is 24.2 Å². The number of rotatable bonds is 4. The summed E-state index contributed by atoms with van der Waals surface area (Å²) < 4.78 is 18.4. The van der Waals surface area contributed by atoms with Crippen LogP contribution < -0.4 is 4.74 Å². The molecule has 14 heavy (non-hydrogen) atoms. The van der Waals surface area contributed by atoms with Crippen LogP contribution in [0.2, 0.25) is 0 Å². The SMILES string of the molecule is COc1cccc(F)c1CC[C@H](C)O. The highest BCUT2D eigenvalue weighted by Crippen LogP contribution is 2.22. The Morgan fingerprint density at radius 1 is 1.50 bits per heavy atom. The second-order valence-electron chi connectivity index (χ2n) is 3.31. The number of methoxy groups -OCH3 is 1. The summed E-state index contributed by atoms with van der Waals surface area (Å²) in [7, 11) is 1.51. The standard InChI is InChI=1S/C11H15FO2/c1-8(13)6-7-9-10(12)4-3-5-11(9)14-2/h3-5,8,13H,6-7H2,1-2H3/t8-/m0/s1. The van der Waals surface area contributed by atoms with Gasteiger partial charge in [0, 0.05) is 5.56 Å². The third kappa shape index (κ3) is 2.70. The lowest BCUT2D eigenvalue weighted by Crippen LogP contribution is -2.04. The van der Waals surface area contributed by atoms with Gasteiger partial charge in [-0.3, -0.25) is 0 Å². The van der Waals surface area contributed by atoms with E-state index in [-0.39, 0.29) is 5.82 Å². The Balaban J connectivity index is 2.82. The topological polar surface area (TPSA) is 29.5 Å². The molecule has 0 bridgehead atoms. The molecule has 2 nitrogen and oxygen atoms in total. The Bertz CT molecular complexity index is 297. The number of benzene rings is 1. The summed E-state index contributed by atoms with van der Waals surface area (Å²) in [6, 6.07) is 4.74. The molecule has 0 amide bonds. The first kappa shape index (κ1) is 11.0. The fourth-order valence-electron chi connectivity index (χ4n) is 1.33. The lowest BCUT2D eigenvalue weighted by atomic mass is 10.1. The highest BCUT2D eigenvalue weighted by atomic mass is 19.1. The van der Waals surface area contributed by atoms with Crippen LogP contribution in [0.15, 0.2) is 18.2 Å². The number of aliphatic hydroxyl groups excluding tert-OH is 1. The molecule has 0 aliphatic carbocycles. The predicted octanol–water partition coefficient (Wildman–Crippen LogP) is 2.15. The van der Waals surface area contributed by atoms with Crippen LogP contribution in [0.4, 0.5) is 4.39 Å². The first-order valence-corrected chi connectivity index (χ1v) is 4.64. The normalized spacial score (nSPS) is 12.6. The monoisotopic (exact) mass is 198 g/mol. The first-order chi connectivity index (χ1) is 6.65. The van der Waals surface area contributed by atoms with Gasteiger partial charge in [0.2, 0.25) is 0 Å². The molecule has 0 heterocycles. The molecule has 1 aromatic rings. The predicted molar refractivity (Wildman–Crippen MR) is 53.0 cm³/mol. The molecule has 1 rings (SSSR count). The zero-order valence-electron chi connectivity index (χ0n) is 8.46. The van der Waals surface area contributed by atoms with Gasteiger partial charge in [0.15, 0.2) is 0 Å². The maximum absolute atomic E-state index is 13.3. The quantitative estimate of drug-likeness (QED) is 0.803. The average Bonchev–Trinajstić information content (AvgIpc) is 2.15. The molecule has 0 saturated carbocycles. The van der Waals surface area contributed by atoms with Crippen LogP contribution in [0, 0.1) is 5.82 Å². The summed E-state index contributed by atoms with van der Waals surface area (Å²) in [6.07, 6.45) is 0.615. The van der Waals surface area contributed by atoms with Crippen LogP contribution in [0.1, 0.15) is 18.9 Å². The maximum Gasteiger partial charge on any atom is 0.130 e. The smallest absolute Gasteiger partial charge is 0.130 e. The van der Waals surface area contributed by atoms with E-state index in [4.69, 9.17) is 9.84 Å². The molecule has 1 aromatic carbocycles. The summed E-state index contributed by atoms with van der Waals surface area (Å²) in [5.74, 6) is 0.274. The number of hydrogen-bond acceptors (Lipinski definition) is 2. The van der Waals surface area contributed by atoms with Crippen LogP contribution in [-0.2, 0) is 6.42 Å². The molecule has 0 spiro atoms. The molecule has 78 valence electrons. The second kappa shape index (κ2) is 4.96. The van der Waals surface area contributed by atoms with Crippen molar-refractivity contribution in [2.45, 2.75) is 25.9 Å². The summed E-state index contributed by atoms with van der Waals surface area (Å²) in [5, 5.41) is 9.10. The number of hydrogen-bond donors (Lipinski definition) is 1. The van der Waals surface area contributed by atoms with Gasteiger partial charge in [0.05, 0.1) is 13.2 Å². The van der Waals surface area contributed by atoms with Crippen molar-refractivity contribution >= 4 is 0 Å². The van der Waals surface area contributed by atoms with E-state index >= 15 is 0 Å². The highest BCUT2D eigenvalue weighted by molar-refractivity contribution is 5.34. The van der Waals surface area contributed by atoms with Crippen molar-refractivity contribution in [2.75, 3.05) is 7.11 Å². The van der Waals surface area contributed by atoms with Gasteiger partial charge in [-0.05, 0) is 31.9 Å². The fraction of sp³-hybridized carbons (Fsp3) is 0.455. The van der Waals surface area contributed by atoms with Crippen molar-refractivity contribution in [1.82, 2.24) is 0 Å². The van der Waals surface area contributed by atoms with E-state index in [1.165, 1.54) is 13.2 Å². The zero-order valence-corrected chi connectivity index (χ0v) is 8.46. The van der Waals surface area contributed by atoms with E-state index in [1.807, 2.05) is 0 Å². The number of aliphatic hydroxyl groups is 1. The van der Waals surface area contributed by atoms with E-state index in [0.717, 1.165) is 0 Å². The summed E-state index contributed by atoms with van der Waals surface area (Å²) in [6.45, 7) is 1.69. The minimum Gasteiger partial charge on any atom is -0.496 e. The lowest BCUT2D eigenvalue weighted by Gasteiger charge is -2.10. The Morgan fingerprint density at radius 2 is 2.21 bits per heavy atom. The first-order valence-electron chi connectivity index (χ1n) is 4.64. The average molecular weight is 198 g/mol. The summed E-state index contributed by atoms with van der Waals surface area (Å²) >= 11 is 0. The Kier molecular flexibility index (Phi) is 3.89.